The molecule has 202 valence electrons. The number of aryl methyl sites for hydroxylation is 1. The van der Waals surface area contributed by atoms with Gasteiger partial charge in [-0.1, -0.05) is 65.2 Å². The maximum Gasteiger partial charge on any atom is 0.325 e. The minimum Gasteiger partial charge on any atom is -0.465 e. The van der Waals surface area contributed by atoms with Gasteiger partial charge in [-0.2, -0.15) is 0 Å². The summed E-state index contributed by atoms with van der Waals surface area (Å²) in [7, 11) is -4.38. The zero-order valence-electron chi connectivity index (χ0n) is 21.3. The molecule has 0 saturated heterocycles. The molecule has 0 saturated carbocycles. The van der Waals surface area contributed by atoms with Gasteiger partial charge in [0.1, 0.15) is 5.25 Å². The standard InChI is InChI=1S/C30H26Cl2O5S2/c1-3-37-30(34)29-25(19-8-12-21(31)13-9-19)27-23(16-24(38-27)18-6-4-17(2)5-7-18)28(39(29,35)36)26(33)20-10-14-22(32)15-11-20/h4-15,24-25,28-29H,3,16H2,1-2H3/t24-,25-,28-,29-/m1/s1. The Labute approximate surface area is 242 Å². The predicted octanol–water partition coefficient (Wildman–Crippen LogP) is 7.13. The topological polar surface area (TPSA) is 77.5 Å². The van der Waals surface area contributed by atoms with Gasteiger partial charge in [-0.3, -0.25) is 9.59 Å². The molecule has 5 rings (SSSR count). The Morgan fingerprint density at radius 1 is 0.897 bits per heavy atom. The maximum absolute atomic E-state index is 14.4. The summed E-state index contributed by atoms with van der Waals surface area (Å²) in [6.07, 6.45) is 0.367. The number of carbonyl (C=O) groups is 2. The first-order valence-electron chi connectivity index (χ1n) is 12.5. The van der Waals surface area contributed by atoms with Crippen LogP contribution in [-0.2, 0) is 19.4 Å². The van der Waals surface area contributed by atoms with Crippen molar-refractivity contribution >= 4 is 56.6 Å². The lowest BCUT2D eigenvalue weighted by atomic mass is 9.88. The summed E-state index contributed by atoms with van der Waals surface area (Å²) in [4.78, 5) is 28.1. The first-order valence-corrected chi connectivity index (χ1v) is 15.8. The van der Waals surface area contributed by atoms with Crippen LogP contribution >= 0.6 is 35.0 Å². The molecular formula is C30H26Cl2O5S2. The molecule has 4 atom stereocenters. The Bertz CT molecular complexity index is 1550. The fourth-order valence-corrected chi connectivity index (χ4v) is 9.69. The number of carbonyl (C=O) groups excluding carboxylic acids is 2. The third-order valence-electron chi connectivity index (χ3n) is 7.14. The van der Waals surface area contributed by atoms with Gasteiger partial charge in [0.25, 0.3) is 0 Å². The molecule has 0 spiro atoms. The van der Waals surface area contributed by atoms with E-state index in [4.69, 9.17) is 27.9 Å². The number of ketones is 1. The number of allylic oxidation sites excluding steroid dienone is 1. The largest absolute Gasteiger partial charge is 0.465 e. The molecule has 0 aromatic heterocycles. The highest BCUT2D eigenvalue weighted by Gasteiger charge is 2.57. The van der Waals surface area contributed by atoms with E-state index in [9.17, 15) is 18.0 Å². The average Bonchev–Trinajstić information content (AvgIpc) is 3.33. The number of rotatable bonds is 6. The van der Waals surface area contributed by atoms with Crippen molar-refractivity contribution in [2.24, 2.45) is 0 Å². The lowest BCUT2D eigenvalue weighted by molar-refractivity contribution is -0.142. The molecule has 9 heteroatoms. The number of Topliss-reactive ketones (excluding diaryl/α,β-unsaturated/α-hetero) is 1. The number of benzene rings is 3. The summed E-state index contributed by atoms with van der Waals surface area (Å²) in [5, 5.41) is -2.27. The minimum atomic E-state index is -4.38. The van der Waals surface area contributed by atoms with Gasteiger partial charge >= 0.3 is 5.97 Å². The second-order valence-electron chi connectivity index (χ2n) is 9.65. The van der Waals surface area contributed by atoms with Crippen molar-refractivity contribution in [3.63, 3.8) is 0 Å². The molecule has 0 amide bonds. The Hall–Kier alpha value is -2.58. The van der Waals surface area contributed by atoms with E-state index in [1.165, 1.54) is 23.9 Å². The van der Waals surface area contributed by atoms with E-state index in [0.29, 0.717) is 27.6 Å². The van der Waals surface area contributed by atoms with E-state index in [1.807, 2.05) is 31.2 Å². The maximum atomic E-state index is 14.4. The molecule has 0 radical (unpaired) electrons. The molecule has 0 unspecified atom stereocenters. The molecule has 0 bridgehead atoms. The first kappa shape index (κ1) is 28.0. The van der Waals surface area contributed by atoms with E-state index < -0.39 is 38.0 Å². The highest BCUT2D eigenvalue weighted by Crippen LogP contribution is 2.59. The van der Waals surface area contributed by atoms with Crippen molar-refractivity contribution in [3.8, 4) is 0 Å². The highest BCUT2D eigenvalue weighted by molar-refractivity contribution is 8.04. The molecular weight excluding hydrogens is 575 g/mol. The summed E-state index contributed by atoms with van der Waals surface area (Å²) in [6, 6.07) is 21.0. The van der Waals surface area contributed by atoms with Gasteiger partial charge in [-0.05, 0) is 78.3 Å². The summed E-state index contributed by atoms with van der Waals surface area (Å²) in [5.41, 5.74) is 3.52. The number of sulfone groups is 1. The third kappa shape index (κ3) is 5.30. The van der Waals surface area contributed by atoms with Gasteiger partial charge in [-0.15, -0.1) is 11.8 Å². The van der Waals surface area contributed by atoms with E-state index in [0.717, 1.165) is 16.0 Å². The van der Waals surface area contributed by atoms with Crippen LogP contribution in [-0.4, -0.2) is 37.3 Å². The average molecular weight is 602 g/mol. The SMILES string of the molecule is CCOC(=O)[C@H]1[C@H](c2ccc(Cl)cc2)C2=C(C[C@H](c3ccc(C)cc3)S2)[C@H](C(=O)c2ccc(Cl)cc2)S1(=O)=O. The molecule has 2 aliphatic rings. The van der Waals surface area contributed by atoms with E-state index >= 15 is 0 Å². The Balaban J connectivity index is 1.71. The minimum absolute atomic E-state index is 0.0129. The third-order valence-corrected chi connectivity index (χ3v) is 11.5. The smallest absolute Gasteiger partial charge is 0.325 e. The van der Waals surface area contributed by atoms with Crippen LogP contribution < -0.4 is 0 Å². The summed E-state index contributed by atoms with van der Waals surface area (Å²) < 4.78 is 34.1. The van der Waals surface area contributed by atoms with E-state index in [2.05, 4.69) is 0 Å². The quantitative estimate of drug-likeness (QED) is 0.221. The van der Waals surface area contributed by atoms with Crippen LogP contribution in [0.25, 0.3) is 0 Å². The Morgan fingerprint density at radius 2 is 1.46 bits per heavy atom. The highest BCUT2D eigenvalue weighted by atomic mass is 35.5. The molecule has 5 nitrogen and oxygen atoms in total. The zero-order valence-corrected chi connectivity index (χ0v) is 24.4. The number of thioether (sulfide) groups is 1. The van der Waals surface area contributed by atoms with Gasteiger partial charge in [0, 0.05) is 26.8 Å². The molecule has 39 heavy (non-hydrogen) atoms. The van der Waals surface area contributed by atoms with Gasteiger partial charge < -0.3 is 4.74 Å². The van der Waals surface area contributed by atoms with Gasteiger partial charge in [0.2, 0.25) is 0 Å². The van der Waals surface area contributed by atoms with Crippen LogP contribution in [0.4, 0.5) is 0 Å². The lowest BCUT2D eigenvalue weighted by Crippen LogP contribution is -2.49. The van der Waals surface area contributed by atoms with E-state index in [1.54, 1.807) is 43.3 Å². The van der Waals surface area contributed by atoms with Gasteiger partial charge in [-0.25, -0.2) is 8.42 Å². The second-order valence-corrected chi connectivity index (χ2v) is 13.9. The van der Waals surface area contributed by atoms with Crippen LogP contribution in [0, 0.1) is 6.92 Å². The summed E-state index contributed by atoms with van der Waals surface area (Å²) in [5.74, 6) is -2.26. The fourth-order valence-electron chi connectivity index (χ4n) is 5.28. The van der Waals surface area contributed by atoms with Crippen molar-refractivity contribution < 1.29 is 22.7 Å². The lowest BCUT2D eigenvalue weighted by Gasteiger charge is -2.35. The monoisotopic (exact) mass is 600 g/mol. The first-order chi connectivity index (χ1) is 18.6. The van der Waals surface area contributed by atoms with Crippen LogP contribution in [0.1, 0.15) is 51.6 Å². The van der Waals surface area contributed by atoms with Crippen LogP contribution in [0.3, 0.4) is 0 Å². The number of hydrogen-bond donors (Lipinski definition) is 0. The van der Waals surface area contributed by atoms with Crippen molar-refractivity contribution in [2.75, 3.05) is 6.61 Å². The number of ether oxygens (including phenoxy) is 1. The van der Waals surface area contributed by atoms with Crippen LogP contribution in [0.2, 0.25) is 10.0 Å². The number of hydrogen-bond acceptors (Lipinski definition) is 6. The second kappa shape index (κ2) is 11.1. The van der Waals surface area contributed by atoms with Crippen molar-refractivity contribution in [3.05, 3.63) is 116 Å². The van der Waals surface area contributed by atoms with Crippen LogP contribution in [0.5, 0.6) is 0 Å². The van der Waals surface area contributed by atoms with Crippen molar-refractivity contribution in [2.45, 2.75) is 41.9 Å². The zero-order chi connectivity index (χ0) is 27.9. The molecule has 3 aromatic rings. The van der Waals surface area contributed by atoms with Crippen molar-refractivity contribution in [1.82, 2.24) is 0 Å². The normalized spacial score (nSPS) is 23.8. The fraction of sp³-hybridized carbons (Fsp3) is 0.267. The van der Waals surface area contributed by atoms with Gasteiger partial charge in [0.05, 0.1) is 6.61 Å². The number of halogens is 2. The predicted molar refractivity (Wildman–Crippen MR) is 156 cm³/mol. The molecule has 2 aliphatic heterocycles. The van der Waals surface area contributed by atoms with Gasteiger partial charge in [0.15, 0.2) is 20.9 Å². The molecule has 0 fully saturated rings. The summed E-state index contributed by atoms with van der Waals surface area (Å²) >= 11 is 13.7. The van der Waals surface area contributed by atoms with Crippen LogP contribution in [0.15, 0.2) is 83.3 Å². The Kier molecular flexibility index (Phi) is 7.98. The molecule has 0 N–H and O–H groups in total. The summed E-state index contributed by atoms with van der Waals surface area (Å²) in [6.45, 7) is 3.64. The van der Waals surface area contributed by atoms with E-state index in [-0.39, 0.29) is 17.4 Å². The Morgan fingerprint density at radius 3 is 2.05 bits per heavy atom. The molecule has 2 heterocycles. The molecule has 0 aliphatic carbocycles. The molecule has 3 aromatic carbocycles. The number of esters is 1. The van der Waals surface area contributed by atoms with Crippen molar-refractivity contribution in [1.29, 1.82) is 0 Å².